The van der Waals surface area contributed by atoms with Crippen molar-refractivity contribution in [3.05, 3.63) is 89.6 Å². The second-order valence-corrected chi connectivity index (χ2v) is 12.7. The molecule has 2 saturated heterocycles. The number of carbonyl (C=O) groups excluding carboxylic acids is 1. The summed E-state index contributed by atoms with van der Waals surface area (Å²) in [5, 5.41) is 12.3. The van der Waals surface area contributed by atoms with Gasteiger partial charge in [-0.3, -0.25) is 0 Å². The number of ether oxygens (including phenoxy) is 2. The lowest BCUT2D eigenvalue weighted by atomic mass is 10.0. The summed E-state index contributed by atoms with van der Waals surface area (Å²) in [4.78, 5) is 31.8. The molecule has 47 heavy (non-hydrogen) atoms. The summed E-state index contributed by atoms with van der Waals surface area (Å²) in [6.07, 6.45) is 2.91. The number of hydrogen-bond donors (Lipinski definition) is 0. The molecule has 0 radical (unpaired) electrons. The van der Waals surface area contributed by atoms with E-state index in [1.807, 2.05) is 30.3 Å². The summed E-state index contributed by atoms with van der Waals surface area (Å²) < 4.78 is 12.0. The zero-order valence-electron chi connectivity index (χ0n) is 26.9. The van der Waals surface area contributed by atoms with E-state index in [9.17, 15) is 10.1 Å². The number of nitriles is 1. The number of carbonyl (C=O) groups is 1. The number of piperazine rings is 1. The Balaban J connectivity index is 1.16. The molecule has 4 heterocycles. The van der Waals surface area contributed by atoms with Crippen LogP contribution in [-0.2, 0) is 24.3 Å². The number of amides is 1. The van der Waals surface area contributed by atoms with Crippen LogP contribution in [0.25, 0.3) is 10.8 Å². The van der Waals surface area contributed by atoms with Crippen LogP contribution in [-0.4, -0.2) is 84.3 Å². The average Bonchev–Trinajstić information content (AvgIpc) is 3.53. The number of aromatic nitrogens is 2. The lowest BCUT2D eigenvalue weighted by Gasteiger charge is -2.42. The third-order valence-corrected chi connectivity index (χ3v) is 9.75. The number of anilines is 2. The lowest BCUT2D eigenvalue weighted by Crippen LogP contribution is -2.55. The summed E-state index contributed by atoms with van der Waals surface area (Å²) in [6, 6.07) is 27.4. The van der Waals surface area contributed by atoms with E-state index >= 15 is 0 Å². The first-order chi connectivity index (χ1) is 23.1. The smallest absolute Gasteiger partial charge is 0.410 e. The maximum Gasteiger partial charge on any atom is 0.410 e. The predicted octanol–water partition coefficient (Wildman–Crippen LogP) is 5.41. The fraction of sp³-hybridized carbons (Fsp3) is 0.405. The van der Waals surface area contributed by atoms with Gasteiger partial charge in [0.25, 0.3) is 0 Å². The van der Waals surface area contributed by atoms with Crippen molar-refractivity contribution in [1.82, 2.24) is 19.8 Å². The summed E-state index contributed by atoms with van der Waals surface area (Å²) in [5.41, 5.74) is 4.17. The highest BCUT2D eigenvalue weighted by Gasteiger charge is 2.35. The first-order valence-electron chi connectivity index (χ1n) is 16.6. The Labute approximate surface area is 276 Å². The molecule has 7 rings (SSSR count). The summed E-state index contributed by atoms with van der Waals surface area (Å²) >= 11 is 0. The molecule has 2 atom stereocenters. The molecule has 3 aliphatic rings. The first kappa shape index (κ1) is 30.8. The second kappa shape index (κ2) is 13.9. The van der Waals surface area contributed by atoms with Gasteiger partial charge in [-0.25, -0.2) is 4.79 Å². The van der Waals surface area contributed by atoms with Crippen LogP contribution in [0.2, 0.25) is 0 Å². The molecule has 10 nitrogen and oxygen atoms in total. The molecular weight excluding hydrogens is 590 g/mol. The molecule has 2 fully saturated rings. The maximum absolute atomic E-state index is 13.1. The molecule has 3 aromatic carbocycles. The normalized spacial score (nSPS) is 19.8. The highest BCUT2D eigenvalue weighted by Crippen LogP contribution is 2.35. The van der Waals surface area contributed by atoms with Gasteiger partial charge in [0.05, 0.1) is 30.8 Å². The lowest BCUT2D eigenvalue weighted by molar-refractivity contribution is 0.0889. The van der Waals surface area contributed by atoms with Gasteiger partial charge < -0.3 is 29.1 Å². The Hall–Kier alpha value is -4.88. The van der Waals surface area contributed by atoms with Crippen molar-refractivity contribution >= 4 is 28.4 Å². The molecule has 10 heteroatoms. The van der Waals surface area contributed by atoms with Gasteiger partial charge in [0.2, 0.25) is 0 Å². The number of likely N-dealkylation sites (N-methyl/N-ethyl adjacent to an activating group) is 1. The molecular formula is C37H41N7O3. The first-order valence-corrected chi connectivity index (χ1v) is 16.6. The summed E-state index contributed by atoms with van der Waals surface area (Å²) in [5.74, 6) is 0.819. The minimum Gasteiger partial charge on any atom is -0.462 e. The van der Waals surface area contributed by atoms with Crippen LogP contribution in [0.1, 0.15) is 36.1 Å². The van der Waals surface area contributed by atoms with Crippen molar-refractivity contribution < 1.29 is 14.3 Å². The van der Waals surface area contributed by atoms with Crippen LogP contribution in [0.5, 0.6) is 6.01 Å². The number of hydrogen-bond acceptors (Lipinski definition) is 9. The Bertz CT molecular complexity index is 1760. The quantitative estimate of drug-likeness (QED) is 0.253. The van der Waals surface area contributed by atoms with Crippen LogP contribution in [0.4, 0.5) is 16.3 Å². The summed E-state index contributed by atoms with van der Waals surface area (Å²) in [6.45, 7) is 4.65. The SMILES string of the molecule is CN1CCC[C@H]1COc1nc2c(c(N3CCN(C(=O)OCc4ccccc4)CC3CC#N)n1)CCN(c1cccc3ccccc13)C2. The molecule has 0 bridgehead atoms. The topological polar surface area (TPSA) is 98.1 Å². The van der Waals surface area contributed by atoms with Crippen molar-refractivity contribution in [2.24, 2.45) is 0 Å². The Kier molecular flexibility index (Phi) is 9.07. The van der Waals surface area contributed by atoms with Gasteiger partial charge in [-0.05, 0) is 49.9 Å². The van der Waals surface area contributed by atoms with Gasteiger partial charge in [0.15, 0.2) is 0 Å². The highest BCUT2D eigenvalue weighted by atomic mass is 16.6. The van der Waals surface area contributed by atoms with E-state index in [4.69, 9.17) is 19.4 Å². The minimum atomic E-state index is -0.364. The fourth-order valence-electron chi connectivity index (χ4n) is 7.13. The third kappa shape index (κ3) is 6.67. The number of fused-ring (bicyclic) bond motifs is 2. The van der Waals surface area contributed by atoms with Gasteiger partial charge in [0.1, 0.15) is 19.0 Å². The van der Waals surface area contributed by atoms with Crippen molar-refractivity contribution in [3.63, 3.8) is 0 Å². The van der Waals surface area contributed by atoms with Crippen molar-refractivity contribution in [3.8, 4) is 12.1 Å². The highest BCUT2D eigenvalue weighted by molar-refractivity contribution is 5.94. The van der Waals surface area contributed by atoms with E-state index in [1.54, 1.807) is 4.90 Å². The van der Waals surface area contributed by atoms with Gasteiger partial charge in [-0.1, -0.05) is 66.7 Å². The molecule has 3 aliphatic heterocycles. The zero-order chi connectivity index (χ0) is 32.2. The van der Waals surface area contributed by atoms with Crippen LogP contribution >= 0.6 is 0 Å². The average molecular weight is 632 g/mol. The van der Waals surface area contributed by atoms with Crippen LogP contribution in [0, 0.1) is 11.3 Å². The van der Waals surface area contributed by atoms with E-state index < -0.39 is 0 Å². The Morgan fingerprint density at radius 3 is 2.62 bits per heavy atom. The maximum atomic E-state index is 13.1. The molecule has 242 valence electrons. The number of benzene rings is 3. The predicted molar refractivity (Wildman–Crippen MR) is 181 cm³/mol. The van der Waals surface area contributed by atoms with Crippen molar-refractivity contribution in [2.75, 3.05) is 56.2 Å². The van der Waals surface area contributed by atoms with Crippen molar-refractivity contribution in [2.45, 2.75) is 50.9 Å². The van der Waals surface area contributed by atoms with E-state index in [0.29, 0.717) is 44.8 Å². The Morgan fingerprint density at radius 2 is 1.79 bits per heavy atom. The fourth-order valence-corrected chi connectivity index (χ4v) is 7.13. The van der Waals surface area contributed by atoms with Crippen LogP contribution < -0.4 is 14.5 Å². The zero-order valence-corrected chi connectivity index (χ0v) is 26.9. The molecule has 4 aromatic rings. The van der Waals surface area contributed by atoms with Crippen molar-refractivity contribution in [1.29, 1.82) is 5.26 Å². The largest absolute Gasteiger partial charge is 0.462 e. The monoisotopic (exact) mass is 631 g/mol. The van der Waals surface area contributed by atoms with Crippen LogP contribution in [0.3, 0.4) is 0 Å². The Morgan fingerprint density at radius 1 is 0.957 bits per heavy atom. The van der Waals surface area contributed by atoms with Gasteiger partial charge >= 0.3 is 12.1 Å². The number of nitrogens with zero attached hydrogens (tertiary/aromatic N) is 7. The standard InChI is InChI=1S/C37H41N7O3/c1-41-19-8-13-30(41)26-46-36-39-33-24-42(34-15-7-12-28-11-5-6-14-31(28)34)20-17-32(33)35(40-36)44-22-21-43(23-29(44)16-18-38)37(45)47-25-27-9-3-2-4-10-27/h2-7,9-12,14-15,29-30H,8,13,16-17,19-26H2,1H3/t29?,30-/m0/s1. The number of likely N-dealkylation sites (tertiary alicyclic amines) is 1. The van der Waals surface area contributed by atoms with Gasteiger partial charge in [-0.2, -0.15) is 15.2 Å². The van der Waals surface area contributed by atoms with Gasteiger partial charge in [0, 0.05) is 48.9 Å². The van der Waals surface area contributed by atoms with E-state index in [1.165, 1.54) is 16.5 Å². The van der Waals surface area contributed by atoms with E-state index in [0.717, 1.165) is 55.0 Å². The minimum absolute atomic E-state index is 0.215. The second-order valence-electron chi connectivity index (χ2n) is 12.7. The van der Waals surface area contributed by atoms with Gasteiger partial charge in [-0.15, -0.1) is 0 Å². The molecule has 0 N–H and O–H groups in total. The summed E-state index contributed by atoms with van der Waals surface area (Å²) in [7, 11) is 2.14. The molecule has 0 spiro atoms. The molecule has 1 unspecified atom stereocenters. The van der Waals surface area contributed by atoms with E-state index in [-0.39, 0.29) is 25.2 Å². The molecule has 0 saturated carbocycles. The molecule has 1 aromatic heterocycles. The van der Waals surface area contributed by atoms with Crippen LogP contribution in [0.15, 0.2) is 72.8 Å². The number of rotatable bonds is 8. The molecule has 1 amide bonds. The molecule has 0 aliphatic carbocycles. The van der Waals surface area contributed by atoms with E-state index in [2.05, 4.69) is 70.3 Å². The third-order valence-electron chi connectivity index (χ3n) is 9.75.